The van der Waals surface area contributed by atoms with E-state index in [9.17, 15) is 21.6 Å². The van der Waals surface area contributed by atoms with Crippen LogP contribution in [0.2, 0.25) is 0 Å². The number of sulfonamides is 2. The van der Waals surface area contributed by atoms with Crippen LogP contribution in [0.25, 0.3) is 0 Å². The van der Waals surface area contributed by atoms with Gasteiger partial charge >= 0.3 is 0 Å². The lowest BCUT2D eigenvalue weighted by Gasteiger charge is -2.20. The molecule has 0 bridgehead atoms. The Morgan fingerprint density at radius 3 is 2.06 bits per heavy atom. The van der Waals surface area contributed by atoms with Crippen LogP contribution in [0.3, 0.4) is 0 Å². The fraction of sp³-hybridized carbons (Fsp3) is 0.409. The summed E-state index contributed by atoms with van der Waals surface area (Å²) in [5.41, 5.74) is 0.938. The van der Waals surface area contributed by atoms with Gasteiger partial charge < -0.3 is 10.1 Å². The highest BCUT2D eigenvalue weighted by Gasteiger charge is 2.25. The molecule has 33 heavy (non-hydrogen) atoms. The molecule has 0 aromatic heterocycles. The molecule has 1 saturated heterocycles. The van der Waals surface area contributed by atoms with Gasteiger partial charge in [0, 0.05) is 25.8 Å². The number of rotatable bonds is 8. The van der Waals surface area contributed by atoms with E-state index in [2.05, 4.69) is 5.32 Å². The van der Waals surface area contributed by atoms with Crippen molar-refractivity contribution in [1.82, 2.24) is 4.31 Å². The normalized spacial score (nSPS) is 15.5. The predicted octanol–water partition coefficient (Wildman–Crippen LogP) is 2.66. The second-order valence-electron chi connectivity index (χ2n) is 7.90. The maximum absolute atomic E-state index is 12.8. The van der Waals surface area contributed by atoms with Crippen molar-refractivity contribution in [2.24, 2.45) is 0 Å². The zero-order chi connectivity index (χ0) is 24.1. The van der Waals surface area contributed by atoms with E-state index in [4.69, 9.17) is 4.74 Å². The number of carbonyl (C=O) groups is 1. The van der Waals surface area contributed by atoms with E-state index in [1.165, 1.54) is 23.5 Å². The van der Waals surface area contributed by atoms with Crippen LogP contribution in [0.1, 0.15) is 25.7 Å². The Balaban J connectivity index is 1.54. The summed E-state index contributed by atoms with van der Waals surface area (Å²) >= 11 is 0. The molecular formula is C22H29N3O6S2. The number of carbonyl (C=O) groups excluding carboxylic acids is 1. The van der Waals surface area contributed by atoms with E-state index in [-0.39, 0.29) is 11.5 Å². The maximum atomic E-state index is 12.8. The van der Waals surface area contributed by atoms with Gasteiger partial charge in [0.15, 0.2) is 6.61 Å². The summed E-state index contributed by atoms with van der Waals surface area (Å²) in [5, 5.41) is 2.67. The lowest BCUT2D eigenvalue weighted by molar-refractivity contribution is -0.118. The van der Waals surface area contributed by atoms with Gasteiger partial charge in [0.2, 0.25) is 20.0 Å². The second-order valence-corrected chi connectivity index (χ2v) is 11.9. The van der Waals surface area contributed by atoms with Gasteiger partial charge in [-0.2, -0.15) is 4.31 Å². The van der Waals surface area contributed by atoms with Crippen LogP contribution in [0.5, 0.6) is 5.75 Å². The first kappa shape index (κ1) is 25.0. The molecular weight excluding hydrogens is 466 g/mol. The van der Waals surface area contributed by atoms with Gasteiger partial charge in [0.05, 0.1) is 16.8 Å². The smallest absolute Gasteiger partial charge is 0.262 e. The van der Waals surface area contributed by atoms with Gasteiger partial charge in [-0.25, -0.2) is 16.8 Å². The van der Waals surface area contributed by atoms with Crippen molar-refractivity contribution in [1.29, 1.82) is 0 Å². The minimum absolute atomic E-state index is 0.206. The molecule has 0 radical (unpaired) electrons. The van der Waals surface area contributed by atoms with Crippen LogP contribution in [-0.2, 0) is 24.8 Å². The molecule has 0 atom stereocenters. The third-order valence-corrected chi connectivity index (χ3v) is 8.53. The highest BCUT2D eigenvalue weighted by Crippen LogP contribution is 2.22. The number of nitrogens with one attached hydrogen (secondary N) is 1. The van der Waals surface area contributed by atoms with Gasteiger partial charge in [-0.15, -0.1) is 0 Å². The molecule has 1 heterocycles. The molecule has 1 N–H and O–H groups in total. The van der Waals surface area contributed by atoms with Gasteiger partial charge in [0.25, 0.3) is 5.91 Å². The molecule has 1 fully saturated rings. The fourth-order valence-corrected chi connectivity index (χ4v) is 5.45. The number of ether oxygens (including phenoxy) is 1. The Hall–Kier alpha value is -2.63. The van der Waals surface area contributed by atoms with Gasteiger partial charge in [-0.3, -0.25) is 9.10 Å². The van der Waals surface area contributed by atoms with Crippen molar-refractivity contribution < 1.29 is 26.4 Å². The van der Waals surface area contributed by atoms with Crippen molar-refractivity contribution >= 4 is 37.3 Å². The summed E-state index contributed by atoms with van der Waals surface area (Å²) in [6, 6.07) is 12.4. The lowest BCUT2D eigenvalue weighted by Crippen LogP contribution is -2.31. The number of hydrogen-bond acceptors (Lipinski definition) is 6. The van der Waals surface area contributed by atoms with Crippen LogP contribution in [0.4, 0.5) is 11.4 Å². The predicted molar refractivity (Wildman–Crippen MR) is 127 cm³/mol. The summed E-state index contributed by atoms with van der Waals surface area (Å²) in [5.74, 6) is 0.00477. The molecule has 2 aromatic rings. The zero-order valence-corrected chi connectivity index (χ0v) is 20.4. The van der Waals surface area contributed by atoms with E-state index < -0.39 is 26.0 Å². The Labute approximate surface area is 195 Å². The number of benzene rings is 2. The summed E-state index contributed by atoms with van der Waals surface area (Å²) in [7, 11) is -5.46. The first-order valence-corrected chi connectivity index (χ1v) is 13.9. The quantitative estimate of drug-likeness (QED) is 0.602. The van der Waals surface area contributed by atoms with Crippen molar-refractivity contribution in [3.63, 3.8) is 0 Å². The van der Waals surface area contributed by atoms with Crippen LogP contribution >= 0.6 is 0 Å². The Morgan fingerprint density at radius 2 is 1.52 bits per heavy atom. The molecule has 1 amide bonds. The third-order valence-electron chi connectivity index (χ3n) is 5.41. The highest BCUT2D eigenvalue weighted by atomic mass is 32.2. The number of nitrogens with zero attached hydrogens (tertiary/aromatic N) is 2. The zero-order valence-electron chi connectivity index (χ0n) is 18.7. The van der Waals surface area contributed by atoms with E-state index in [1.54, 1.807) is 36.4 Å². The van der Waals surface area contributed by atoms with Crippen molar-refractivity contribution in [3.05, 3.63) is 48.5 Å². The molecule has 0 saturated carbocycles. The number of anilines is 2. The Kier molecular flexibility index (Phi) is 7.98. The van der Waals surface area contributed by atoms with E-state index in [0.717, 1.165) is 36.2 Å². The number of hydrogen-bond donors (Lipinski definition) is 1. The largest absolute Gasteiger partial charge is 0.484 e. The molecule has 1 aliphatic heterocycles. The van der Waals surface area contributed by atoms with Crippen molar-refractivity contribution in [2.45, 2.75) is 30.6 Å². The van der Waals surface area contributed by atoms with Crippen LogP contribution in [0.15, 0.2) is 53.4 Å². The molecule has 0 spiro atoms. The van der Waals surface area contributed by atoms with Gasteiger partial charge in [-0.1, -0.05) is 12.8 Å². The molecule has 3 rings (SSSR count). The Morgan fingerprint density at radius 1 is 0.939 bits per heavy atom. The summed E-state index contributed by atoms with van der Waals surface area (Å²) in [6.45, 7) is 0.808. The van der Waals surface area contributed by atoms with Crippen LogP contribution in [-0.4, -0.2) is 60.0 Å². The molecule has 11 heteroatoms. The molecule has 1 aliphatic rings. The summed E-state index contributed by atoms with van der Waals surface area (Å²) in [6.07, 6.45) is 4.93. The minimum atomic E-state index is -3.54. The minimum Gasteiger partial charge on any atom is -0.484 e. The van der Waals surface area contributed by atoms with Gasteiger partial charge in [0.1, 0.15) is 5.75 Å². The van der Waals surface area contributed by atoms with Crippen molar-refractivity contribution in [2.75, 3.05) is 42.6 Å². The Bertz CT molecular complexity index is 1160. The van der Waals surface area contributed by atoms with E-state index in [0.29, 0.717) is 30.2 Å². The maximum Gasteiger partial charge on any atom is 0.262 e. The lowest BCUT2D eigenvalue weighted by atomic mass is 10.2. The second kappa shape index (κ2) is 10.5. The molecule has 0 unspecified atom stereocenters. The van der Waals surface area contributed by atoms with Gasteiger partial charge in [-0.05, 0) is 61.4 Å². The molecule has 180 valence electrons. The third kappa shape index (κ3) is 6.68. The molecule has 9 nitrogen and oxygen atoms in total. The summed E-state index contributed by atoms with van der Waals surface area (Å²) in [4.78, 5) is 12.4. The topological polar surface area (TPSA) is 113 Å². The van der Waals surface area contributed by atoms with E-state index >= 15 is 0 Å². The first-order chi connectivity index (χ1) is 15.6. The molecule has 0 aliphatic carbocycles. The SMILES string of the molecule is CN(c1ccc(OCC(=O)Nc2ccc(S(=O)(=O)N3CCCCCC3)cc2)cc1)S(C)(=O)=O. The number of amides is 1. The average molecular weight is 496 g/mol. The fourth-order valence-electron chi connectivity index (χ4n) is 3.43. The van der Waals surface area contributed by atoms with Crippen molar-refractivity contribution in [3.8, 4) is 5.75 Å². The summed E-state index contributed by atoms with van der Waals surface area (Å²) < 4.78 is 56.9. The monoisotopic (exact) mass is 495 g/mol. The van der Waals surface area contributed by atoms with Crippen LogP contribution in [0, 0.1) is 0 Å². The van der Waals surface area contributed by atoms with Crippen LogP contribution < -0.4 is 14.4 Å². The molecule has 2 aromatic carbocycles. The highest BCUT2D eigenvalue weighted by molar-refractivity contribution is 7.92. The van der Waals surface area contributed by atoms with E-state index in [1.807, 2.05) is 0 Å². The standard InChI is InChI=1S/C22H29N3O6S2/c1-24(32(2,27)28)19-9-11-20(12-10-19)31-17-22(26)23-18-7-13-21(14-8-18)33(29,30)25-15-5-3-4-6-16-25/h7-14H,3-6,15-17H2,1-2H3,(H,23,26). The average Bonchev–Trinajstić information content (AvgIpc) is 3.08. The first-order valence-electron chi connectivity index (χ1n) is 10.6.